The Balaban J connectivity index is 1.32. The molecule has 13 nitrogen and oxygen atoms in total. The number of rotatable bonds is 25. The molecule has 0 fully saturated rings. The van der Waals surface area contributed by atoms with Crippen LogP contribution in [0.5, 0.6) is 23.0 Å². The van der Waals surface area contributed by atoms with Crippen molar-refractivity contribution in [3.63, 3.8) is 0 Å². The Morgan fingerprint density at radius 1 is 0.476 bits per heavy atom. The van der Waals surface area contributed by atoms with Gasteiger partial charge in [-0.25, -0.2) is 24.0 Å². The average molecular weight is 1500 g/mol. The van der Waals surface area contributed by atoms with Crippen molar-refractivity contribution in [2.24, 2.45) is 0 Å². The van der Waals surface area contributed by atoms with Gasteiger partial charge in [-0.05, 0) is 83.9 Å². The first-order valence-electron chi connectivity index (χ1n) is 30.3. The zero-order chi connectivity index (χ0) is 75.6. The summed E-state index contributed by atoms with van der Waals surface area (Å²) >= 11 is 1.70. The molecule has 4 heterocycles. The van der Waals surface area contributed by atoms with Crippen molar-refractivity contribution in [3.05, 3.63) is 238 Å². The summed E-state index contributed by atoms with van der Waals surface area (Å²) in [4.78, 5) is 35.7. The van der Waals surface area contributed by atoms with Gasteiger partial charge in [0.15, 0.2) is 10.8 Å². The molecule has 0 saturated heterocycles. The molecule has 0 aliphatic rings. The summed E-state index contributed by atoms with van der Waals surface area (Å²) in [6.07, 6.45) is -19.8. The van der Waals surface area contributed by atoms with Crippen LogP contribution in [0.15, 0.2) is 206 Å². The molecule has 34 heteroatoms. The van der Waals surface area contributed by atoms with Crippen LogP contribution >= 0.6 is 22.7 Å². The maximum atomic E-state index is 20.2. The van der Waals surface area contributed by atoms with Gasteiger partial charge in [0, 0.05) is 39.6 Å². The minimum atomic E-state index is -7.34. The number of hydrogen-bond donors (Lipinski definition) is 1. The van der Waals surface area contributed by atoms with Crippen LogP contribution in [-0.2, 0) is 14.3 Å². The number of hydrogen-bond acceptors (Lipinski definition) is 11. The number of fused-ring (bicyclic) bond motifs is 3. The summed E-state index contributed by atoms with van der Waals surface area (Å²) in [7, 11) is 2.70. The molecule has 0 radical (unpaired) electrons. The summed E-state index contributed by atoms with van der Waals surface area (Å²) in [6, 6.07) is 46.8. The van der Waals surface area contributed by atoms with E-state index in [0.717, 1.165) is 46.9 Å². The van der Waals surface area contributed by atoms with Crippen molar-refractivity contribution in [3.8, 4) is 45.5 Å². The largest absolute Gasteiger partial charge is 0.497 e. The molecular weight excluding hydrogens is 1460 g/mol. The van der Waals surface area contributed by atoms with Crippen LogP contribution in [0.1, 0.15) is 10.0 Å². The molecule has 0 aliphatic carbocycles. The monoisotopic (exact) mass is 1500 g/mol. The van der Waals surface area contributed by atoms with Crippen LogP contribution in [-0.4, -0.2) is 112 Å². The first kappa shape index (κ1) is 73.4. The van der Waals surface area contributed by atoms with Gasteiger partial charge < -0.3 is 37.7 Å². The number of halogens is 17. The quantitative estimate of drug-likeness (QED) is 0.0254. The van der Waals surface area contributed by atoms with Gasteiger partial charge in [0.25, 0.3) is 6.47 Å². The van der Waals surface area contributed by atoms with E-state index >= 15 is 39.5 Å². The number of alkyl halides is 16. The molecule has 4 aromatic heterocycles. The van der Waals surface area contributed by atoms with E-state index in [9.17, 15) is 51.3 Å². The van der Waals surface area contributed by atoms with Crippen molar-refractivity contribution in [2.75, 3.05) is 14.2 Å². The lowest BCUT2D eigenvalue weighted by Crippen LogP contribution is -2.65. The highest BCUT2D eigenvalue weighted by atomic mass is 32.1. The number of nitrogens with zero attached hydrogens (tertiary/aromatic N) is 5. The molecule has 0 atom stereocenters. The van der Waals surface area contributed by atoms with E-state index < -0.39 is 107 Å². The van der Waals surface area contributed by atoms with E-state index in [1.807, 2.05) is 0 Å². The third-order valence-corrected chi connectivity index (χ3v) is 18.8. The number of aromatic nitrogens is 4. The highest BCUT2D eigenvalue weighted by molar-refractivity contribution is 7.20. The van der Waals surface area contributed by atoms with Gasteiger partial charge in [0.05, 0.1) is 46.6 Å². The molecule has 0 spiro atoms. The highest BCUT2D eigenvalue weighted by Gasteiger charge is 2.86. The molecule has 1 N–H and O–H groups in total. The number of aliphatic carboxylic acids is 1. The lowest BCUT2D eigenvalue weighted by atomic mass is 9.50. The Labute approximate surface area is 588 Å². The molecular formula is C71H42B2F17N5O8S2. The molecule has 12 rings (SSSR count). The van der Waals surface area contributed by atoms with Crippen molar-refractivity contribution < 1.29 is 113 Å². The number of carboxylic acids is 1. The van der Waals surface area contributed by atoms with Gasteiger partial charge in [0.2, 0.25) is 5.70 Å². The number of carbonyl (C=O) groups excluding carboxylic acids is 1. The van der Waals surface area contributed by atoms with Crippen LogP contribution in [0.3, 0.4) is 0 Å². The van der Waals surface area contributed by atoms with Crippen molar-refractivity contribution in [1.82, 2.24) is 18.9 Å². The Hall–Kier alpha value is -11.3. The first-order chi connectivity index (χ1) is 49.7. The molecule has 8 aromatic carbocycles. The third-order valence-electron chi connectivity index (χ3n) is 16.8. The second kappa shape index (κ2) is 27.4. The standard InChI is InChI=1S/C71H42B2F17N5O8S2/c1-91-56(62-93-50-37-48(100-3)33-35-52(50)105-62)60-54-53(57(95(60)73(43-20-12-6-13-21-43)44-22-14-7-15-23-44)39-24-28-45(29-25-39)102-70(87,88)66(79,80)65(77,78)64(75,76)63(97)98)59(55(74)61-92-49-36-47(99-2)32-34-51(49)104-61)94(72(41-16-8-4-9-17-41)42-18-10-5-11-19-42)58(54)40-26-30-46(31-27-40)103-71(89,90)68(83,84)67(81,82)69(85,86)101-38-96/h4-38H,2-3H3,(H,97,98)/b59-55+,60-56+. The Morgan fingerprint density at radius 3 is 1.19 bits per heavy atom. The van der Waals surface area contributed by atoms with E-state index in [1.165, 1.54) is 41.4 Å². The van der Waals surface area contributed by atoms with Gasteiger partial charge in [-0.15, -0.1) is 22.7 Å². The van der Waals surface area contributed by atoms with Crippen molar-refractivity contribution in [2.45, 2.75) is 47.9 Å². The fraction of sp³-hybridized carbons (Fsp3) is 0.141. The van der Waals surface area contributed by atoms with Gasteiger partial charge in [-0.1, -0.05) is 143 Å². The first-order valence-corrected chi connectivity index (χ1v) is 32.0. The van der Waals surface area contributed by atoms with E-state index in [2.05, 4.69) is 19.1 Å². The fourth-order valence-electron chi connectivity index (χ4n) is 11.8. The predicted molar refractivity (Wildman–Crippen MR) is 357 cm³/mol. The SMILES string of the molecule is [C-]#[N+]/C(c1nc2cc(OC)ccc2s1)=c1\c2c(-c3ccc(OC(F)(F)C(F)(F)C(F)(F)C(F)(F)OC=O)cc3)n(B(c3ccccc3)c3ccccc3)/c(=C(/F)c3nc4cc(OC)ccc4s3)c2c(-c2ccc(OC(F)(F)C(F)(F)C(F)(F)C(F)(F)C(=O)O)cc2)n1B(c1ccccc1)c1ccccc1. The summed E-state index contributed by atoms with van der Waals surface area (Å²) in [5, 5.41) is 6.80. The number of benzene rings is 8. The van der Waals surface area contributed by atoms with E-state index in [4.69, 9.17) is 24.5 Å². The lowest BCUT2D eigenvalue weighted by molar-refractivity contribution is -0.441. The molecule has 0 aliphatic heterocycles. The van der Waals surface area contributed by atoms with Crippen LogP contribution in [0.25, 0.3) is 70.1 Å². The van der Waals surface area contributed by atoms with Crippen LogP contribution in [0, 0.1) is 6.57 Å². The Morgan fingerprint density at radius 2 is 0.819 bits per heavy atom. The molecule has 0 amide bonds. The van der Waals surface area contributed by atoms with E-state index in [1.54, 1.807) is 140 Å². The highest BCUT2D eigenvalue weighted by Crippen LogP contribution is 2.55. The number of methoxy groups -OCH3 is 2. The molecule has 536 valence electrons. The normalized spacial score (nSPS) is 13.3. The van der Waals surface area contributed by atoms with Crippen LogP contribution in [0.4, 0.5) is 74.6 Å². The van der Waals surface area contributed by atoms with Gasteiger partial charge in [0.1, 0.15) is 28.0 Å². The number of carboxylic acid groups (broad SMARTS) is 1. The summed E-state index contributed by atoms with van der Waals surface area (Å²) in [6.45, 7) is 5.26. The Kier molecular flexibility index (Phi) is 19.1. The smallest absolute Gasteiger partial charge is 0.473 e. The fourth-order valence-corrected chi connectivity index (χ4v) is 13.6. The summed E-state index contributed by atoms with van der Waals surface area (Å²) in [5.41, 5.74) is -0.0192. The number of carbonyl (C=O) groups is 2. The lowest BCUT2D eigenvalue weighted by Gasteiger charge is -2.34. The molecule has 0 bridgehead atoms. The Bertz CT molecular complexity index is 5380. The number of ether oxygens (including phenoxy) is 5. The third kappa shape index (κ3) is 12.5. The minimum absolute atomic E-state index is 0.113. The van der Waals surface area contributed by atoms with Gasteiger partial charge >= 0.3 is 67.6 Å². The molecule has 0 unspecified atom stereocenters. The number of thiazole rings is 2. The van der Waals surface area contributed by atoms with Crippen molar-refractivity contribution in [1.29, 1.82) is 0 Å². The molecule has 105 heavy (non-hydrogen) atoms. The summed E-state index contributed by atoms with van der Waals surface area (Å²) in [5.74, 6) is -43.4. The molecule has 12 aromatic rings. The maximum absolute atomic E-state index is 20.2. The van der Waals surface area contributed by atoms with Crippen LogP contribution in [0.2, 0.25) is 0 Å². The van der Waals surface area contributed by atoms with Gasteiger partial charge in [-0.3, -0.25) is 4.79 Å². The average Bonchev–Trinajstić information content (AvgIpc) is 1.27. The summed E-state index contributed by atoms with van der Waals surface area (Å²) < 4.78 is 288. The topological polar surface area (TPSA) is 141 Å². The zero-order valence-corrected chi connectivity index (χ0v) is 54.8. The minimum Gasteiger partial charge on any atom is -0.497 e. The van der Waals surface area contributed by atoms with E-state index in [-0.39, 0.29) is 66.2 Å². The van der Waals surface area contributed by atoms with Crippen molar-refractivity contribution >= 4 is 113 Å². The molecule has 0 saturated carbocycles. The zero-order valence-electron chi connectivity index (χ0n) is 53.1. The predicted octanol–water partition coefficient (Wildman–Crippen LogP) is 14.5. The second-order valence-corrected chi connectivity index (χ2v) is 25.1. The van der Waals surface area contributed by atoms with Crippen LogP contribution < -0.4 is 51.5 Å². The second-order valence-electron chi connectivity index (χ2n) is 23.0. The van der Waals surface area contributed by atoms with Gasteiger partial charge in [-0.2, -0.15) is 70.2 Å². The van der Waals surface area contributed by atoms with E-state index in [0.29, 0.717) is 55.5 Å². The maximum Gasteiger partial charge on any atom is 0.473 e.